The summed E-state index contributed by atoms with van der Waals surface area (Å²) >= 11 is 3.28. The molecule has 0 bridgehead atoms. The largest absolute Gasteiger partial charge is 0.456 e. The highest BCUT2D eigenvalue weighted by Crippen LogP contribution is 2.32. The lowest BCUT2D eigenvalue weighted by molar-refractivity contribution is 0.463. The van der Waals surface area contributed by atoms with Crippen LogP contribution in [0.4, 0.5) is 8.78 Å². The number of hydrogen-bond acceptors (Lipinski definition) is 2. The number of benzene rings is 2. The van der Waals surface area contributed by atoms with Gasteiger partial charge in [0.05, 0.1) is 4.47 Å². The van der Waals surface area contributed by atoms with Crippen LogP contribution in [0.15, 0.2) is 40.9 Å². The van der Waals surface area contributed by atoms with Crippen molar-refractivity contribution in [3.8, 4) is 11.5 Å². The van der Waals surface area contributed by atoms with E-state index in [9.17, 15) is 8.78 Å². The summed E-state index contributed by atoms with van der Waals surface area (Å²) in [6.45, 7) is 0.458. The lowest BCUT2D eigenvalue weighted by Crippen LogP contribution is -2.06. The molecular formula is C14H12BrF2NO. The molecule has 2 aromatic carbocycles. The molecule has 0 heterocycles. The van der Waals surface area contributed by atoms with Crippen LogP contribution in [0.5, 0.6) is 11.5 Å². The molecule has 2 rings (SSSR count). The highest BCUT2D eigenvalue weighted by atomic mass is 79.9. The zero-order valence-corrected chi connectivity index (χ0v) is 11.8. The number of rotatable bonds is 4. The van der Waals surface area contributed by atoms with Crippen LogP contribution in [-0.2, 0) is 6.54 Å². The second kappa shape index (κ2) is 6.12. The highest BCUT2D eigenvalue weighted by Gasteiger charge is 2.09. The van der Waals surface area contributed by atoms with Crippen LogP contribution in [0.25, 0.3) is 0 Å². The molecular weight excluding hydrogens is 316 g/mol. The summed E-state index contributed by atoms with van der Waals surface area (Å²) in [7, 11) is 1.76. The summed E-state index contributed by atoms with van der Waals surface area (Å²) < 4.78 is 32.7. The second-order valence-corrected chi connectivity index (χ2v) is 4.81. The SMILES string of the molecule is CNCc1cc(F)ccc1Oc1cc(F)ccc1Br. The van der Waals surface area contributed by atoms with Crippen molar-refractivity contribution in [1.29, 1.82) is 0 Å². The van der Waals surface area contributed by atoms with E-state index in [1.54, 1.807) is 13.1 Å². The van der Waals surface area contributed by atoms with E-state index in [1.165, 1.54) is 30.3 Å². The molecule has 0 aliphatic rings. The van der Waals surface area contributed by atoms with E-state index >= 15 is 0 Å². The van der Waals surface area contributed by atoms with Crippen LogP contribution in [0.3, 0.4) is 0 Å². The van der Waals surface area contributed by atoms with Crippen LogP contribution < -0.4 is 10.1 Å². The van der Waals surface area contributed by atoms with Crippen molar-refractivity contribution >= 4 is 15.9 Å². The van der Waals surface area contributed by atoms with Gasteiger partial charge in [-0.25, -0.2) is 8.78 Å². The van der Waals surface area contributed by atoms with E-state index in [0.717, 1.165) is 0 Å². The lowest BCUT2D eigenvalue weighted by atomic mass is 10.2. The summed E-state index contributed by atoms with van der Waals surface area (Å²) in [6.07, 6.45) is 0. The predicted molar refractivity (Wildman–Crippen MR) is 73.3 cm³/mol. The predicted octanol–water partition coefficient (Wildman–Crippen LogP) is 4.24. The molecule has 5 heteroatoms. The van der Waals surface area contributed by atoms with Gasteiger partial charge < -0.3 is 10.1 Å². The summed E-state index contributed by atoms with van der Waals surface area (Å²) in [5.74, 6) is 0.109. The fourth-order valence-electron chi connectivity index (χ4n) is 1.65. The molecule has 1 N–H and O–H groups in total. The Bertz CT molecular complexity index is 590. The van der Waals surface area contributed by atoms with Crippen molar-refractivity contribution in [2.24, 2.45) is 0 Å². The Morgan fingerprint density at radius 1 is 1.05 bits per heavy atom. The van der Waals surface area contributed by atoms with Gasteiger partial charge in [0.25, 0.3) is 0 Å². The van der Waals surface area contributed by atoms with Gasteiger partial charge in [0.2, 0.25) is 0 Å². The van der Waals surface area contributed by atoms with Crippen molar-refractivity contribution in [1.82, 2.24) is 5.32 Å². The first kappa shape index (κ1) is 14.0. The monoisotopic (exact) mass is 327 g/mol. The van der Waals surface area contributed by atoms with E-state index < -0.39 is 5.82 Å². The fourth-order valence-corrected chi connectivity index (χ4v) is 1.98. The van der Waals surface area contributed by atoms with Crippen LogP contribution in [0.1, 0.15) is 5.56 Å². The van der Waals surface area contributed by atoms with Crippen LogP contribution in [-0.4, -0.2) is 7.05 Å². The topological polar surface area (TPSA) is 21.3 Å². The summed E-state index contributed by atoms with van der Waals surface area (Å²) in [4.78, 5) is 0. The summed E-state index contributed by atoms with van der Waals surface area (Å²) in [5, 5.41) is 2.93. The van der Waals surface area contributed by atoms with Crippen LogP contribution >= 0.6 is 15.9 Å². The molecule has 0 unspecified atom stereocenters. The van der Waals surface area contributed by atoms with Crippen molar-refractivity contribution in [3.63, 3.8) is 0 Å². The van der Waals surface area contributed by atoms with E-state index in [2.05, 4.69) is 21.2 Å². The van der Waals surface area contributed by atoms with Crippen molar-refractivity contribution in [3.05, 3.63) is 58.1 Å². The second-order valence-electron chi connectivity index (χ2n) is 3.96. The Kier molecular flexibility index (Phi) is 4.50. The zero-order chi connectivity index (χ0) is 13.8. The Hall–Kier alpha value is -1.46. The molecule has 0 saturated carbocycles. The number of nitrogens with one attached hydrogen (secondary N) is 1. The molecule has 2 nitrogen and oxygen atoms in total. The van der Waals surface area contributed by atoms with Gasteiger partial charge in [-0.05, 0) is 53.3 Å². The number of hydrogen-bond donors (Lipinski definition) is 1. The normalized spacial score (nSPS) is 10.5. The third-order valence-corrected chi connectivity index (χ3v) is 3.16. The third kappa shape index (κ3) is 3.52. The maximum absolute atomic E-state index is 13.2. The highest BCUT2D eigenvalue weighted by molar-refractivity contribution is 9.10. The Balaban J connectivity index is 2.34. The Morgan fingerprint density at radius 2 is 1.74 bits per heavy atom. The number of halogens is 3. The fraction of sp³-hybridized carbons (Fsp3) is 0.143. The molecule has 0 aliphatic heterocycles. The summed E-state index contributed by atoms with van der Waals surface area (Å²) in [6, 6.07) is 8.39. The zero-order valence-electron chi connectivity index (χ0n) is 10.2. The van der Waals surface area contributed by atoms with Crippen molar-refractivity contribution < 1.29 is 13.5 Å². The van der Waals surface area contributed by atoms with Crippen molar-refractivity contribution in [2.75, 3.05) is 7.05 Å². The third-order valence-electron chi connectivity index (χ3n) is 2.50. The minimum Gasteiger partial charge on any atom is -0.456 e. The van der Waals surface area contributed by atoms with Gasteiger partial charge in [-0.15, -0.1) is 0 Å². The molecule has 0 atom stereocenters. The standard InChI is InChI=1S/C14H12BrF2NO/c1-18-8-9-6-10(16)3-5-13(9)19-14-7-11(17)2-4-12(14)15/h2-7,18H,8H2,1H3. The van der Waals surface area contributed by atoms with Crippen molar-refractivity contribution in [2.45, 2.75) is 6.54 Å². The molecule has 0 fully saturated rings. The van der Waals surface area contributed by atoms with Gasteiger partial charge in [0, 0.05) is 18.2 Å². The van der Waals surface area contributed by atoms with Gasteiger partial charge in [-0.2, -0.15) is 0 Å². The Labute approximate surface area is 118 Å². The van der Waals surface area contributed by atoms with E-state index in [1.807, 2.05) is 0 Å². The minimum atomic E-state index is -0.393. The maximum atomic E-state index is 13.2. The molecule has 0 aromatic heterocycles. The maximum Gasteiger partial charge on any atom is 0.144 e. The first-order valence-electron chi connectivity index (χ1n) is 5.66. The molecule has 19 heavy (non-hydrogen) atoms. The van der Waals surface area contributed by atoms with Gasteiger partial charge in [0.15, 0.2) is 0 Å². The first-order valence-corrected chi connectivity index (χ1v) is 6.45. The molecule has 0 aliphatic carbocycles. The Morgan fingerprint density at radius 3 is 2.47 bits per heavy atom. The van der Waals surface area contributed by atoms with Gasteiger partial charge in [-0.3, -0.25) is 0 Å². The van der Waals surface area contributed by atoms with Crippen LogP contribution in [0, 0.1) is 11.6 Å². The molecule has 0 amide bonds. The smallest absolute Gasteiger partial charge is 0.144 e. The molecule has 0 spiro atoms. The van der Waals surface area contributed by atoms with E-state index in [0.29, 0.717) is 28.1 Å². The van der Waals surface area contributed by atoms with Gasteiger partial charge in [-0.1, -0.05) is 0 Å². The first-order chi connectivity index (χ1) is 9.10. The molecule has 0 radical (unpaired) electrons. The van der Waals surface area contributed by atoms with E-state index in [-0.39, 0.29) is 5.82 Å². The number of ether oxygens (including phenoxy) is 1. The summed E-state index contributed by atoms with van der Waals surface area (Å²) in [5.41, 5.74) is 0.665. The lowest BCUT2D eigenvalue weighted by Gasteiger charge is -2.12. The average Bonchev–Trinajstić information content (AvgIpc) is 2.37. The van der Waals surface area contributed by atoms with Gasteiger partial charge in [0.1, 0.15) is 23.1 Å². The van der Waals surface area contributed by atoms with Gasteiger partial charge >= 0.3 is 0 Å². The quantitative estimate of drug-likeness (QED) is 0.906. The molecule has 2 aromatic rings. The van der Waals surface area contributed by atoms with E-state index in [4.69, 9.17) is 4.74 Å². The average molecular weight is 328 g/mol. The molecule has 100 valence electrons. The molecule has 0 saturated heterocycles. The minimum absolute atomic E-state index is 0.337. The van der Waals surface area contributed by atoms with Crippen LogP contribution in [0.2, 0.25) is 0 Å².